The molecular weight excluding hydrogens is 359 g/mol. The van der Waals surface area contributed by atoms with Gasteiger partial charge in [-0.15, -0.1) is 0 Å². The lowest BCUT2D eigenvalue weighted by molar-refractivity contribution is -0.137. The zero-order valence-corrected chi connectivity index (χ0v) is 13.6. The van der Waals surface area contributed by atoms with E-state index in [1.807, 2.05) is 0 Å². The number of carbonyl (C=O) groups is 1. The molecule has 1 aromatic heterocycles. The van der Waals surface area contributed by atoms with E-state index >= 15 is 0 Å². The number of aromatic nitrogens is 2. The minimum atomic E-state index is -4.55. The molecule has 1 N–H and O–H groups in total. The Morgan fingerprint density at radius 3 is 2.64 bits per heavy atom. The highest BCUT2D eigenvalue weighted by Crippen LogP contribution is 2.38. The molecule has 2 aromatic rings. The molecule has 3 rings (SSSR count). The molecule has 1 heterocycles. The van der Waals surface area contributed by atoms with Gasteiger partial charge >= 0.3 is 6.18 Å². The van der Waals surface area contributed by atoms with Crippen LogP contribution >= 0.6 is 11.6 Å². The summed E-state index contributed by atoms with van der Waals surface area (Å²) in [4.78, 5) is 23.9. The Bertz CT molecular complexity index is 876. The Balaban J connectivity index is 1.77. The Labute approximate surface area is 145 Å². The average Bonchev–Trinajstić information content (AvgIpc) is 3.35. The van der Waals surface area contributed by atoms with Crippen LogP contribution in [0.3, 0.4) is 0 Å². The first-order valence-electron chi connectivity index (χ1n) is 7.49. The lowest BCUT2D eigenvalue weighted by atomic mass is 10.2. The van der Waals surface area contributed by atoms with Crippen LogP contribution < -0.4 is 10.9 Å². The quantitative estimate of drug-likeness (QED) is 0.895. The number of alkyl halides is 3. The van der Waals surface area contributed by atoms with Gasteiger partial charge in [0.15, 0.2) is 0 Å². The first-order chi connectivity index (χ1) is 11.7. The van der Waals surface area contributed by atoms with Crippen LogP contribution in [0.15, 0.2) is 35.1 Å². The molecule has 1 fully saturated rings. The SMILES string of the molecule is O=C(Cn1nc(C2CC2)ccc1=O)Nc1cc(C(F)(F)F)ccc1Cl. The van der Waals surface area contributed by atoms with Crippen LogP contribution in [0.1, 0.15) is 30.0 Å². The van der Waals surface area contributed by atoms with Crippen molar-refractivity contribution >= 4 is 23.2 Å². The number of benzene rings is 1. The largest absolute Gasteiger partial charge is 0.416 e. The van der Waals surface area contributed by atoms with E-state index < -0.39 is 29.8 Å². The van der Waals surface area contributed by atoms with Crippen LogP contribution in [0.4, 0.5) is 18.9 Å². The number of nitrogens with zero attached hydrogens (tertiary/aromatic N) is 2. The number of anilines is 1. The summed E-state index contributed by atoms with van der Waals surface area (Å²) < 4.78 is 39.2. The zero-order valence-electron chi connectivity index (χ0n) is 12.8. The molecule has 0 aliphatic heterocycles. The molecule has 1 aliphatic carbocycles. The molecule has 0 bridgehead atoms. The second-order valence-electron chi connectivity index (χ2n) is 5.77. The van der Waals surface area contributed by atoms with Gasteiger partial charge in [0, 0.05) is 12.0 Å². The second-order valence-corrected chi connectivity index (χ2v) is 6.18. The molecule has 5 nitrogen and oxygen atoms in total. The number of amides is 1. The molecular formula is C16H13ClF3N3O2. The maximum atomic E-state index is 12.8. The monoisotopic (exact) mass is 371 g/mol. The van der Waals surface area contributed by atoms with Crippen LogP contribution in [0.25, 0.3) is 0 Å². The third kappa shape index (κ3) is 4.19. The average molecular weight is 372 g/mol. The third-order valence-electron chi connectivity index (χ3n) is 3.74. The smallest absolute Gasteiger partial charge is 0.323 e. The van der Waals surface area contributed by atoms with E-state index in [-0.39, 0.29) is 10.7 Å². The second kappa shape index (κ2) is 6.51. The maximum absolute atomic E-state index is 12.8. The van der Waals surface area contributed by atoms with Gasteiger partial charge in [-0.1, -0.05) is 11.6 Å². The number of carbonyl (C=O) groups excluding carboxylic acids is 1. The molecule has 1 aromatic carbocycles. The van der Waals surface area contributed by atoms with Crippen molar-refractivity contribution < 1.29 is 18.0 Å². The molecule has 1 saturated carbocycles. The van der Waals surface area contributed by atoms with Crippen molar-refractivity contribution in [3.8, 4) is 0 Å². The van der Waals surface area contributed by atoms with Crippen molar-refractivity contribution in [3.63, 3.8) is 0 Å². The number of halogens is 4. The van der Waals surface area contributed by atoms with E-state index in [1.165, 1.54) is 6.07 Å². The number of hydrogen-bond donors (Lipinski definition) is 1. The van der Waals surface area contributed by atoms with Gasteiger partial charge in [0.2, 0.25) is 5.91 Å². The highest BCUT2D eigenvalue weighted by atomic mass is 35.5. The summed E-state index contributed by atoms with van der Waals surface area (Å²) in [5.74, 6) is -0.392. The highest BCUT2D eigenvalue weighted by molar-refractivity contribution is 6.33. The Hall–Kier alpha value is -2.35. The van der Waals surface area contributed by atoms with Gasteiger partial charge in [0.05, 0.1) is 22.0 Å². The van der Waals surface area contributed by atoms with E-state index in [4.69, 9.17) is 11.6 Å². The fraction of sp³-hybridized carbons (Fsp3) is 0.312. The van der Waals surface area contributed by atoms with Crippen molar-refractivity contribution in [3.05, 3.63) is 57.0 Å². The van der Waals surface area contributed by atoms with Gasteiger partial charge in [-0.25, -0.2) is 4.68 Å². The predicted molar refractivity (Wildman–Crippen MR) is 85.6 cm³/mol. The summed E-state index contributed by atoms with van der Waals surface area (Å²) in [5.41, 5.74) is -0.842. The van der Waals surface area contributed by atoms with E-state index in [9.17, 15) is 22.8 Å². The summed E-state index contributed by atoms with van der Waals surface area (Å²) in [5, 5.41) is 6.38. The van der Waals surface area contributed by atoms with Crippen LogP contribution in [0.5, 0.6) is 0 Å². The zero-order chi connectivity index (χ0) is 18.2. The third-order valence-corrected chi connectivity index (χ3v) is 4.07. The molecule has 0 atom stereocenters. The lowest BCUT2D eigenvalue weighted by Crippen LogP contribution is -2.29. The minimum Gasteiger partial charge on any atom is -0.323 e. The summed E-state index contributed by atoms with van der Waals surface area (Å²) in [7, 11) is 0. The van der Waals surface area contributed by atoms with Crippen LogP contribution in [-0.4, -0.2) is 15.7 Å². The van der Waals surface area contributed by atoms with Gasteiger partial charge in [0.1, 0.15) is 6.54 Å². The topological polar surface area (TPSA) is 64.0 Å². The van der Waals surface area contributed by atoms with E-state index in [1.54, 1.807) is 6.07 Å². The van der Waals surface area contributed by atoms with E-state index in [0.29, 0.717) is 5.92 Å². The predicted octanol–water partition coefficient (Wildman–Crippen LogP) is 3.43. The van der Waals surface area contributed by atoms with Gasteiger partial charge in [-0.3, -0.25) is 9.59 Å². The normalized spacial score (nSPS) is 14.4. The Kier molecular flexibility index (Phi) is 4.55. The number of hydrogen-bond acceptors (Lipinski definition) is 3. The minimum absolute atomic E-state index is 0.0339. The van der Waals surface area contributed by atoms with Crippen molar-refractivity contribution in [2.75, 3.05) is 5.32 Å². The first-order valence-corrected chi connectivity index (χ1v) is 7.86. The van der Waals surface area contributed by atoms with E-state index in [2.05, 4.69) is 10.4 Å². The summed E-state index contributed by atoms with van der Waals surface area (Å²) in [6.07, 6.45) is -2.59. The van der Waals surface area contributed by atoms with Crippen molar-refractivity contribution in [2.45, 2.75) is 31.5 Å². The van der Waals surface area contributed by atoms with Gasteiger partial charge in [-0.2, -0.15) is 18.3 Å². The first kappa shape index (κ1) is 17.5. The van der Waals surface area contributed by atoms with Gasteiger partial charge in [-0.05, 0) is 37.1 Å². The summed E-state index contributed by atoms with van der Waals surface area (Å²) in [6.45, 7) is -0.411. The molecule has 0 saturated heterocycles. The molecule has 132 valence electrons. The van der Waals surface area contributed by atoms with Crippen molar-refractivity contribution in [2.24, 2.45) is 0 Å². The molecule has 25 heavy (non-hydrogen) atoms. The summed E-state index contributed by atoms with van der Waals surface area (Å²) in [6, 6.07) is 5.57. The molecule has 1 amide bonds. The van der Waals surface area contributed by atoms with Gasteiger partial charge in [0.25, 0.3) is 5.56 Å². The Morgan fingerprint density at radius 1 is 1.28 bits per heavy atom. The molecule has 0 spiro atoms. The fourth-order valence-electron chi connectivity index (χ4n) is 2.30. The summed E-state index contributed by atoms with van der Waals surface area (Å²) >= 11 is 5.83. The van der Waals surface area contributed by atoms with Crippen molar-refractivity contribution in [1.29, 1.82) is 0 Å². The fourth-order valence-corrected chi connectivity index (χ4v) is 2.46. The van der Waals surface area contributed by atoms with Crippen LogP contribution in [0.2, 0.25) is 5.02 Å². The van der Waals surface area contributed by atoms with Crippen LogP contribution in [-0.2, 0) is 17.5 Å². The number of nitrogens with one attached hydrogen (secondary N) is 1. The standard InChI is InChI=1S/C16H13ClF3N3O2/c17-11-4-3-10(16(18,19)20)7-13(11)21-14(24)8-23-15(25)6-5-12(22-23)9-1-2-9/h3-7,9H,1-2,8H2,(H,21,24). The van der Waals surface area contributed by atoms with Crippen molar-refractivity contribution in [1.82, 2.24) is 9.78 Å². The van der Waals surface area contributed by atoms with E-state index in [0.717, 1.165) is 41.4 Å². The lowest BCUT2D eigenvalue weighted by Gasteiger charge is -2.12. The highest BCUT2D eigenvalue weighted by Gasteiger charge is 2.31. The van der Waals surface area contributed by atoms with Gasteiger partial charge < -0.3 is 5.32 Å². The molecule has 0 unspecified atom stereocenters. The molecule has 9 heteroatoms. The Morgan fingerprint density at radius 2 is 2.00 bits per heavy atom. The van der Waals surface area contributed by atoms with Crippen LogP contribution in [0, 0.1) is 0 Å². The maximum Gasteiger partial charge on any atom is 0.416 e. The molecule has 0 radical (unpaired) electrons. The number of rotatable bonds is 4. The molecule has 1 aliphatic rings.